The second kappa shape index (κ2) is 3.03. The molecular formula is C4H7ClN2O3. The van der Waals surface area contributed by atoms with Gasteiger partial charge in [0.25, 0.3) is 0 Å². The number of halogens is 1. The zero-order chi connectivity index (χ0) is 7.56. The number of alkyl halides is 1. The average molecular weight is 167 g/mol. The summed E-state index contributed by atoms with van der Waals surface area (Å²) in [6, 6.07) is 0. The van der Waals surface area contributed by atoms with Gasteiger partial charge in [-0.05, 0) is 0 Å². The number of hydrazine groups is 1. The van der Waals surface area contributed by atoms with Crippen LogP contribution in [0.2, 0.25) is 0 Å². The van der Waals surface area contributed by atoms with Gasteiger partial charge in [-0.15, -0.1) is 11.6 Å². The molecule has 0 aromatic rings. The van der Waals surface area contributed by atoms with Gasteiger partial charge in [0.05, 0.1) is 12.5 Å². The first kappa shape index (κ1) is 7.56. The Bertz CT molecular complexity index is 142. The Labute approximate surface area is 62.6 Å². The zero-order valence-electron chi connectivity index (χ0n) is 5.20. The summed E-state index contributed by atoms with van der Waals surface area (Å²) >= 11 is 5.38. The molecule has 1 atom stereocenters. The van der Waals surface area contributed by atoms with Gasteiger partial charge in [-0.25, -0.2) is 10.1 Å². The van der Waals surface area contributed by atoms with Gasteiger partial charge in [0, 0.05) is 0 Å². The summed E-state index contributed by atoms with van der Waals surface area (Å²) in [7, 11) is 0. The summed E-state index contributed by atoms with van der Waals surface area (Å²) in [6.07, 6.45) is -0.545. The lowest BCUT2D eigenvalue weighted by atomic mass is 10.6. The van der Waals surface area contributed by atoms with E-state index in [1.807, 2.05) is 0 Å². The molecule has 6 heteroatoms. The van der Waals surface area contributed by atoms with Gasteiger partial charge in [0.1, 0.15) is 6.54 Å². The van der Waals surface area contributed by atoms with Crippen LogP contribution in [0.3, 0.4) is 0 Å². The molecule has 0 bridgehead atoms. The third-order valence-electron chi connectivity index (χ3n) is 1.30. The maximum Gasteiger partial charge on any atom is 0.200 e. The first-order chi connectivity index (χ1) is 4.75. The molecule has 0 aliphatic carbocycles. The Kier molecular flexibility index (Phi) is 2.29. The summed E-state index contributed by atoms with van der Waals surface area (Å²) in [5, 5.41) is 10.7. The fourth-order valence-electron chi connectivity index (χ4n) is 0.823. The Balaban J connectivity index is 2.50. The van der Waals surface area contributed by atoms with Gasteiger partial charge in [0.2, 0.25) is 6.23 Å². The summed E-state index contributed by atoms with van der Waals surface area (Å²) in [5.41, 5.74) is 0. The molecule has 1 saturated heterocycles. The summed E-state index contributed by atoms with van der Waals surface area (Å²) in [6.45, 7) is 0.711. The largest absolute Gasteiger partial charge is 0.350 e. The van der Waals surface area contributed by atoms with E-state index in [0.29, 0.717) is 13.2 Å². The standard InChI is InChI=1S/C4H7ClN2O3/c5-3-4-6(7(8)9)1-2-10-4/h4H,1-3H2. The Morgan fingerprint density at radius 2 is 2.60 bits per heavy atom. The van der Waals surface area contributed by atoms with Crippen molar-refractivity contribution in [3.63, 3.8) is 0 Å². The minimum absolute atomic E-state index is 0.140. The second-order valence-corrected chi connectivity index (χ2v) is 2.19. The predicted molar refractivity (Wildman–Crippen MR) is 34.2 cm³/mol. The van der Waals surface area contributed by atoms with Crippen molar-refractivity contribution in [2.45, 2.75) is 6.23 Å². The lowest BCUT2D eigenvalue weighted by Crippen LogP contribution is -2.36. The van der Waals surface area contributed by atoms with Crippen molar-refractivity contribution in [1.82, 2.24) is 5.01 Å². The molecule has 1 aliphatic heterocycles. The topological polar surface area (TPSA) is 55.6 Å². The van der Waals surface area contributed by atoms with Crippen molar-refractivity contribution in [2.75, 3.05) is 19.0 Å². The van der Waals surface area contributed by atoms with Gasteiger partial charge in [0.15, 0.2) is 5.03 Å². The van der Waals surface area contributed by atoms with Crippen molar-refractivity contribution in [3.8, 4) is 0 Å². The Morgan fingerprint density at radius 3 is 3.00 bits per heavy atom. The molecule has 0 aromatic carbocycles. The van der Waals surface area contributed by atoms with E-state index in [2.05, 4.69) is 0 Å². The van der Waals surface area contributed by atoms with E-state index < -0.39 is 11.3 Å². The zero-order valence-corrected chi connectivity index (χ0v) is 5.95. The maximum absolute atomic E-state index is 10.2. The van der Waals surface area contributed by atoms with Crippen molar-refractivity contribution < 1.29 is 9.77 Å². The first-order valence-corrected chi connectivity index (χ1v) is 3.37. The lowest BCUT2D eigenvalue weighted by molar-refractivity contribution is -0.663. The van der Waals surface area contributed by atoms with Crippen LogP contribution in [-0.4, -0.2) is 35.3 Å². The number of hydrogen-bond acceptors (Lipinski definition) is 3. The summed E-state index contributed by atoms with van der Waals surface area (Å²) < 4.78 is 4.93. The summed E-state index contributed by atoms with van der Waals surface area (Å²) in [5.74, 6) is 0.140. The molecule has 1 rings (SSSR count). The molecule has 1 unspecified atom stereocenters. The lowest BCUT2D eigenvalue weighted by Gasteiger charge is -2.11. The highest BCUT2D eigenvalue weighted by Gasteiger charge is 2.31. The van der Waals surface area contributed by atoms with Gasteiger partial charge >= 0.3 is 0 Å². The second-order valence-electron chi connectivity index (χ2n) is 1.88. The number of ether oxygens (including phenoxy) is 1. The number of nitrogens with zero attached hydrogens (tertiary/aromatic N) is 2. The maximum atomic E-state index is 10.2. The number of hydrogen-bond donors (Lipinski definition) is 0. The van der Waals surface area contributed by atoms with E-state index in [1.54, 1.807) is 0 Å². The highest BCUT2D eigenvalue weighted by molar-refractivity contribution is 6.18. The average Bonchev–Trinajstić information content (AvgIpc) is 2.33. The monoisotopic (exact) mass is 166 g/mol. The molecular weight excluding hydrogens is 160 g/mol. The normalized spacial score (nSPS) is 25.3. The van der Waals surface area contributed by atoms with Gasteiger partial charge in [-0.3, -0.25) is 0 Å². The fourth-order valence-corrected chi connectivity index (χ4v) is 1.07. The Morgan fingerprint density at radius 1 is 1.90 bits per heavy atom. The van der Waals surface area contributed by atoms with E-state index in [-0.39, 0.29) is 5.88 Å². The van der Waals surface area contributed by atoms with E-state index in [0.717, 1.165) is 5.01 Å². The van der Waals surface area contributed by atoms with Crippen LogP contribution in [0.5, 0.6) is 0 Å². The molecule has 1 fully saturated rings. The predicted octanol–water partition coefficient (Wildman–Crippen LogP) is 0.0752. The fraction of sp³-hybridized carbons (Fsp3) is 1.00. The van der Waals surface area contributed by atoms with Crippen molar-refractivity contribution in [1.29, 1.82) is 0 Å². The van der Waals surface area contributed by atoms with Crippen LogP contribution in [0.1, 0.15) is 0 Å². The summed E-state index contributed by atoms with van der Waals surface area (Å²) in [4.78, 5) is 10.2. The minimum atomic E-state index is -0.545. The van der Waals surface area contributed by atoms with Crippen LogP contribution >= 0.6 is 11.6 Å². The van der Waals surface area contributed by atoms with Crippen molar-refractivity contribution >= 4 is 11.6 Å². The molecule has 5 nitrogen and oxygen atoms in total. The van der Waals surface area contributed by atoms with Crippen molar-refractivity contribution in [3.05, 3.63) is 10.1 Å². The third-order valence-corrected chi connectivity index (χ3v) is 1.57. The van der Waals surface area contributed by atoms with Crippen LogP contribution in [0.15, 0.2) is 0 Å². The SMILES string of the molecule is O=[N+]([O-])N1CCOC1CCl. The van der Waals surface area contributed by atoms with Gasteiger partial charge < -0.3 is 4.74 Å². The molecule has 58 valence electrons. The highest BCUT2D eigenvalue weighted by atomic mass is 35.5. The molecule has 0 radical (unpaired) electrons. The van der Waals surface area contributed by atoms with Crippen LogP contribution in [0, 0.1) is 10.1 Å². The quantitative estimate of drug-likeness (QED) is 0.331. The molecule has 1 aliphatic rings. The molecule has 10 heavy (non-hydrogen) atoms. The van der Waals surface area contributed by atoms with Crippen molar-refractivity contribution in [2.24, 2.45) is 0 Å². The van der Waals surface area contributed by atoms with Crippen LogP contribution in [-0.2, 0) is 4.74 Å². The Hall–Kier alpha value is -0.550. The van der Waals surface area contributed by atoms with E-state index >= 15 is 0 Å². The van der Waals surface area contributed by atoms with E-state index in [4.69, 9.17) is 16.3 Å². The molecule has 0 amide bonds. The van der Waals surface area contributed by atoms with Gasteiger partial charge in [-0.2, -0.15) is 0 Å². The number of rotatable bonds is 2. The minimum Gasteiger partial charge on any atom is -0.350 e. The van der Waals surface area contributed by atoms with Crippen LogP contribution in [0.4, 0.5) is 0 Å². The first-order valence-electron chi connectivity index (χ1n) is 2.84. The third kappa shape index (κ3) is 1.30. The smallest absolute Gasteiger partial charge is 0.200 e. The molecule has 0 saturated carbocycles. The molecule has 0 spiro atoms. The molecule has 0 N–H and O–H groups in total. The number of nitro groups is 1. The van der Waals surface area contributed by atoms with Crippen LogP contribution in [0.25, 0.3) is 0 Å². The van der Waals surface area contributed by atoms with Gasteiger partial charge in [-0.1, -0.05) is 5.01 Å². The highest BCUT2D eigenvalue weighted by Crippen LogP contribution is 2.10. The molecule has 0 aromatic heterocycles. The van der Waals surface area contributed by atoms with E-state index in [1.165, 1.54) is 0 Å². The molecule has 1 heterocycles. The van der Waals surface area contributed by atoms with Crippen LogP contribution < -0.4 is 0 Å². The van der Waals surface area contributed by atoms with E-state index in [9.17, 15) is 10.1 Å².